The predicted octanol–water partition coefficient (Wildman–Crippen LogP) is 2.07. The molecule has 1 aromatic heterocycles. The van der Waals surface area contributed by atoms with Gasteiger partial charge in [0.25, 0.3) is 0 Å². The van der Waals surface area contributed by atoms with E-state index in [0.29, 0.717) is 17.0 Å². The lowest BCUT2D eigenvalue weighted by Gasteiger charge is -2.13. The van der Waals surface area contributed by atoms with Crippen molar-refractivity contribution in [2.24, 2.45) is 4.99 Å². The summed E-state index contributed by atoms with van der Waals surface area (Å²) in [7, 11) is 0. The molecule has 0 bridgehead atoms. The molecule has 1 aliphatic heterocycles. The largest absolute Gasteiger partial charge is 0.469 e. The topological polar surface area (TPSA) is 61.0 Å². The van der Waals surface area contributed by atoms with E-state index in [9.17, 15) is 4.79 Å². The highest BCUT2D eigenvalue weighted by Crippen LogP contribution is 2.30. The Bertz CT molecular complexity index is 415. The van der Waals surface area contributed by atoms with Crippen LogP contribution in [0.4, 0.5) is 0 Å². The number of furan rings is 1. The van der Waals surface area contributed by atoms with Crippen LogP contribution in [0.5, 0.6) is 0 Å². The summed E-state index contributed by atoms with van der Waals surface area (Å²) < 4.78 is 16.0. The molecule has 0 fully saturated rings. The molecule has 2 rings (SSSR count). The quantitative estimate of drug-likeness (QED) is 0.799. The number of nitrogens with zero attached hydrogens (tertiary/aromatic N) is 1. The van der Waals surface area contributed by atoms with Crippen LogP contribution in [-0.2, 0) is 14.3 Å². The van der Waals surface area contributed by atoms with Crippen molar-refractivity contribution in [2.75, 3.05) is 6.61 Å². The van der Waals surface area contributed by atoms with E-state index in [-0.39, 0.29) is 0 Å². The fourth-order valence-electron chi connectivity index (χ4n) is 1.43. The van der Waals surface area contributed by atoms with Gasteiger partial charge < -0.3 is 13.9 Å². The third kappa shape index (κ3) is 2.11. The van der Waals surface area contributed by atoms with Crippen LogP contribution >= 0.6 is 15.9 Å². The summed E-state index contributed by atoms with van der Waals surface area (Å²) in [5, 5.41) is 0. The molecule has 0 N–H and O–H groups in total. The molecule has 0 saturated heterocycles. The highest BCUT2D eigenvalue weighted by molar-refractivity contribution is 9.10. The number of rotatable bonds is 3. The summed E-state index contributed by atoms with van der Waals surface area (Å²) in [4.78, 5) is 15.5. The van der Waals surface area contributed by atoms with Gasteiger partial charge in [-0.1, -0.05) is 0 Å². The average molecular weight is 288 g/mol. The lowest BCUT2D eigenvalue weighted by Crippen LogP contribution is -2.26. The fraction of sp³-hybridized carbons (Fsp3) is 0.400. The highest BCUT2D eigenvalue weighted by atomic mass is 79.9. The molecule has 0 radical (unpaired) electrons. The molecule has 16 heavy (non-hydrogen) atoms. The normalized spacial score (nSPS) is 23.1. The summed E-state index contributed by atoms with van der Waals surface area (Å²) >= 11 is 3.19. The maximum atomic E-state index is 11.6. The maximum Gasteiger partial charge on any atom is 0.335 e. The number of hydrogen-bond acceptors (Lipinski definition) is 5. The lowest BCUT2D eigenvalue weighted by atomic mass is 10.1. The van der Waals surface area contributed by atoms with Gasteiger partial charge in [-0.25, -0.2) is 9.79 Å². The van der Waals surface area contributed by atoms with Gasteiger partial charge in [0, 0.05) is 0 Å². The molecule has 2 unspecified atom stereocenters. The van der Waals surface area contributed by atoms with E-state index < -0.39 is 18.1 Å². The van der Waals surface area contributed by atoms with Gasteiger partial charge in [0.05, 0.1) is 6.61 Å². The number of aliphatic imine (C=N–C) groups is 1. The van der Waals surface area contributed by atoms with Crippen molar-refractivity contribution in [2.45, 2.75) is 19.1 Å². The first-order valence-corrected chi connectivity index (χ1v) is 5.60. The second-order valence-electron chi connectivity index (χ2n) is 3.15. The van der Waals surface area contributed by atoms with Crippen LogP contribution in [0.1, 0.15) is 18.8 Å². The van der Waals surface area contributed by atoms with E-state index in [1.54, 1.807) is 19.1 Å². The van der Waals surface area contributed by atoms with E-state index in [2.05, 4.69) is 20.9 Å². The van der Waals surface area contributed by atoms with Crippen LogP contribution in [0.15, 0.2) is 26.2 Å². The molecule has 6 heteroatoms. The summed E-state index contributed by atoms with van der Waals surface area (Å²) in [5.74, 6) is 0.135. The molecule has 1 aliphatic rings. The van der Waals surface area contributed by atoms with Crippen LogP contribution in [0.2, 0.25) is 0 Å². The smallest absolute Gasteiger partial charge is 0.335 e. The molecule has 1 aromatic rings. The van der Waals surface area contributed by atoms with Crippen LogP contribution < -0.4 is 0 Å². The predicted molar refractivity (Wildman–Crippen MR) is 59.1 cm³/mol. The fourth-order valence-corrected chi connectivity index (χ4v) is 1.75. The Balaban J connectivity index is 2.13. The summed E-state index contributed by atoms with van der Waals surface area (Å²) in [6, 6.07) is 2.78. The summed E-state index contributed by atoms with van der Waals surface area (Å²) in [6.45, 7) is 2.06. The highest BCUT2D eigenvalue weighted by Gasteiger charge is 2.37. The first-order chi connectivity index (χ1) is 7.72. The van der Waals surface area contributed by atoms with Crippen molar-refractivity contribution in [3.63, 3.8) is 0 Å². The monoisotopic (exact) mass is 287 g/mol. The van der Waals surface area contributed by atoms with Crippen molar-refractivity contribution in [3.8, 4) is 0 Å². The van der Waals surface area contributed by atoms with Gasteiger partial charge in [-0.3, -0.25) is 0 Å². The number of ether oxygens (including phenoxy) is 2. The zero-order valence-corrected chi connectivity index (χ0v) is 10.1. The van der Waals surface area contributed by atoms with Crippen molar-refractivity contribution in [1.29, 1.82) is 0 Å². The van der Waals surface area contributed by atoms with Crippen molar-refractivity contribution in [3.05, 3.63) is 22.6 Å². The molecule has 0 aromatic carbocycles. The third-order valence-electron chi connectivity index (χ3n) is 2.12. The minimum absolute atomic E-state index is 0.319. The zero-order chi connectivity index (χ0) is 11.5. The van der Waals surface area contributed by atoms with Crippen molar-refractivity contribution >= 4 is 28.3 Å². The molecule has 2 atom stereocenters. The Morgan fingerprint density at radius 3 is 3.06 bits per heavy atom. The Labute approximate surface area is 101 Å². The second kappa shape index (κ2) is 4.69. The number of carbonyl (C=O) groups excluding carboxylic acids is 1. The van der Waals surface area contributed by atoms with Gasteiger partial charge in [0.2, 0.25) is 0 Å². The Hall–Kier alpha value is -1.30. The molecule has 0 amide bonds. The van der Waals surface area contributed by atoms with Gasteiger partial charge in [-0.15, -0.1) is 0 Å². The third-order valence-corrected chi connectivity index (χ3v) is 2.54. The van der Waals surface area contributed by atoms with Crippen LogP contribution in [0.25, 0.3) is 0 Å². The van der Waals surface area contributed by atoms with Crippen molar-refractivity contribution in [1.82, 2.24) is 0 Å². The maximum absolute atomic E-state index is 11.6. The minimum atomic E-state index is -0.682. The van der Waals surface area contributed by atoms with E-state index in [4.69, 9.17) is 13.9 Å². The number of hydrogen-bond donors (Lipinski definition) is 0. The Morgan fingerprint density at radius 1 is 1.62 bits per heavy atom. The van der Waals surface area contributed by atoms with E-state index in [1.807, 2.05) is 0 Å². The van der Waals surface area contributed by atoms with E-state index in [1.165, 1.54) is 6.40 Å². The standard InChI is InChI=1S/C10H10BrNO4/c1-2-14-10(13)8-9(15-5-12-8)6-3-4-7(11)16-6/h3-5,8-9H,2H2,1H3. The SMILES string of the molecule is CCOC(=O)C1N=COC1c1ccc(Br)o1. The second-order valence-corrected chi connectivity index (χ2v) is 3.93. The molecule has 5 nitrogen and oxygen atoms in total. The van der Waals surface area contributed by atoms with Gasteiger partial charge in [0.1, 0.15) is 5.76 Å². The van der Waals surface area contributed by atoms with E-state index >= 15 is 0 Å². The number of halogens is 1. The van der Waals surface area contributed by atoms with Crippen LogP contribution in [0.3, 0.4) is 0 Å². The molecular weight excluding hydrogens is 278 g/mol. The minimum Gasteiger partial charge on any atom is -0.469 e. The lowest BCUT2D eigenvalue weighted by molar-refractivity contribution is -0.146. The Morgan fingerprint density at radius 2 is 2.44 bits per heavy atom. The van der Waals surface area contributed by atoms with Gasteiger partial charge in [0.15, 0.2) is 23.2 Å². The van der Waals surface area contributed by atoms with Gasteiger partial charge in [-0.05, 0) is 35.0 Å². The average Bonchev–Trinajstić information content (AvgIpc) is 2.85. The van der Waals surface area contributed by atoms with Crippen molar-refractivity contribution < 1.29 is 18.7 Å². The van der Waals surface area contributed by atoms with Crippen LogP contribution in [-0.4, -0.2) is 25.0 Å². The number of esters is 1. The first kappa shape index (κ1) is 11.2. The van der Waals surface area contributed by atoms with Gasteiger partial charge >= 0.3 is 5.97 Å². The molecule has 0 aliphatic carbocycles. The molecule has 0 saturated carbocycles. The van der Waals surface area contributed by atoms with Gasteiger partial charge in [-0.2, -0.15) is 0 Å². The molecular formula is C10H10BrNO4. The summed E-state index contributed by atoms with van der Waals surface area (Å²) in [5.41, 5.74) is 0. The van der Waals surface area contributed by atoms with E-state index in [0.717, 1.165) is 0 Å². The summed E-state index contributed by atoms with van der Waals surface area (Å²) in [6.07, 6.45) is 0.716. The zero-order valence-electron chi connectivity index (χ0n) is 8.55. The Kier molecular flexibility index (Phi) is 3.28. The number of carbonyl (C=O) groups is 1. The molecule has 2 heterocycles. The first-order valence-electron chi connectivity index (χ1n) is 4.81. The molecule has 0 spiro atoms. The van der Waals surface area contributed by atoms with Crippen LogP contribution in [0, 0.1) is 0 Å². The molecule has 86 valence electrons.